The zero-order valence-electron chi connectivity index (χ0n) is 15.7. The molecular weight excluding hydrogens is 392 g/mol. The van der Waals surface area contributed by atoms with E-state index in [9.17, 15) is 9.90 Å². The molecule has 0 aromatic heterocycles. The van der Waals surface area contributed by atoms with Crippen molar-refractivity contribution in [1.82, 2.24) is 0 Å². The predicted molar refractivity (Wildman–Crippen MR) is 118 cm³/mol. The summed E-state index contributed by atoms with van der Waals surface area (Å²) in [6.07, 6.45) is 2.57. The van der Waals surface area contributed by atoms with Crippen molar-refractivity contribution in [3.05, 3.63) is 76.5 Å². The highest BCUT2D eigenvalue weighted by atomic mass is 35.5. The molecule has 1 aliphatic heterocycles. The van der Waals surface area contributed by atoms with Crippen LogP contribution in [0.3, 0.4) is 0 Å². The average molecular weight is 415 g/mol. The van der Waals surface area contributed by atoms with E-state index in [0.29, 0.717) is 28.7 Å². The Morgan fingerprint density at radius 1 is 1.18 bits per heavy atom. The summed E-state index contributed by atoms with van der Waals surface area (Å²) in [5, 5.41) is 14.7. The standard InChI is InChI=1S/C22H23ClN2O2S/c1-2-3-13-24-22-19(21(27)25-17-7-5-4-6-8-17)20(26)18(28-22)14-15-9-11-16(23)12-10-15/h4-12,18,26H,2-3,13-14H2,1H3,(H,25,27). The second-order valence-electron chi connectivity index (χ2n) is 6.56. The lowest BCUT2D eigenvalue weighted by Crippen LogP contribution is -2.19. The number of hydrogen-bond acceptors (Lipinski definition) is 4. The lowest BCUT2D eigenvalue weighted by atomic mass is 10.1. The van der Waals surface area contributed by atoms with Crippen LogP contribution in [0.5, 0.6) is 0 Å². The SMILES string of the molecule is CCCCN=C1SC(Cc2ccc(Cl)cc2)C(O)=C1C(=O)Nc1ccccc1. The van der Waals surface area contributed by atoms with Gasteiger partial charge < -0.3 is 10.4 Å². The van der Waals surface area contributed by atoms with Crippen LogP contribution < -0.4 is 5.32 Å². The van der Waals surface area contributed by atoms with E-state index in [4.69, 9.17) is 11.6 Å². The number of para-hydroxylation sites is 1. The van der Waals surface area contributed by atoms with Crippen molar-refractivity contribution < 1.29 is 9.90 Å². The first-order valence-electron chi connectivity index (χ1n) is 9.34. The van der Waals surface area contributed by atoms with Crippen molar-refractivity contribution in [3.63, 3.8) is 0 Å². The molecule has 1 heterocycles. The Balaban J connectivity index is 1.83. The molecule has 1 aliphatic rings. The number of aliphatic hydroxyl groups excluding tert-OH is 1. The zero-order chi connectivity index (χ0) is 19.9. The number of aliphatic hydroxyl groups is 1. The normalized spacial score (nSPS) is 17.9. The monoisotopic (exact) mass is 414 g/mol. The molecule has 28 heavy (non-hydrogen) atoms. The zero-order valence-corrected chi connectivity index (χ0v) is 17.3. The molecule has 1 amide bonds. The lowest BCUT2D eigenvalue weighted by molar-refractivity contribution is -0.112. The van der Waals surface area contributed by atoms with Gasteiger partial charge in [-0.05, 0) is 42.7 Å². The van der Waals surface area contributed by atoms with Gasteiger partial charge >= 0.3 is 0 Å². The van der Waals surface area contributed by atoms with Crippen molar-refractivity contribution in [2.24, 2.45) is 4.99 Å². The summed E-state index contributed by atoms with van der Waals surface area (Å²) in [7, 11) is 0. The van der Waals surface area contributed by atoms with Crippen LogP contribution >= 0.6 is 23.4 Å². The van der Waals surface area contributed by atoms with Gasteiger partial charge in [0.1, 0.15) is 16.4 Å². The highest BCUT2D eigenvalue weighted by Gasteiger charge is 2.35. The van der Waals surface area contributed by atoms with Crippen LogP contribution in [0.25, 0.3) is 0 Å². The summed E-state index contributed by atoms with van der Waals surface area (Å²) in [6.45, 7) is 2.74. The molecule has 0 aliphatic carbocycles. The first kappa shape index (κ1) is 20.5. The van der Waals surface area contributed by atoms with Gasteiger partial charge in [-0.3, -0.25) is 9.79 Å². The predicted octanol–water partition coefficient (Wildman–Crippen LogP) is 5.65. The molecule has 146 valence electrons. The van der Waals surface area contributed by atoms with Gasteiger partial charge in [0.25, 0.3) is 5.91 Å². The maximum Gasteiger partial charge on any atom is 0.261 e. The van der Waals surface area contributed by atoms with Gasteiger partial charge in [-0.2, -0.15) is 0 Å². The molecule has 1 unspecified atom stereocenters. The molecule has 0 saturated heterocycles. The number of carbonyl (C=O) groups excluding carboxylic acids is 1. The number of rotatable bonds is 7. The van der Waals surface area contributed by atoms with Gasteiger partial charge in [-0.25, -0.2) is 0 Å². The van der Waals surface area contributed by atoms with Crippen LogP contribution in [-0.2, 0) is 11.2 Å². The number of nitrogens with one attached hydrogen (secondary N) is 1. The third kappa shape index (κ3) is 5.18. The van der Waals surface area contributed by atoms with Gasteiger partial charge in [0.15, 0.2) is 0 Å². The second kappa shape index (κ2) is 9.80. The highest BCUT2D eigenvalue weighted by Crippen LogP contribution is 2.36. The smallest absolute Gasteiger partial charge is 0.261 e. The number of amides is 1. The fourth-order valence-electron chi connectivity index (χ4n) is 2.88. The van der Waals surface area contributed by atoms with Crippen molar-refractivity contribution in [3.8, 4) is 0 Å². The third-order valence-electron chi connectivity index (χ3n) is 4.39. The van der Waals surface area contributed by atoms with Gasteiger partial charge in [-0.1, -0.05) is 67.0 Å². The largest absolute Gasteiger partial charge is 0.510 e. The number of thioether (sulfide) groups is 1. The van der Waals surface area contributed by atoms with E-state index in [1.165, 1.54) is 11.8 Å². The molecule has 0 fully saturated rings. The molecule has 6 heteroatoms. The fraction of sp³-hybridized carbons (Fsp3) is 0.273. The summed E-state index contributed by atoms with van der Waals surface area (Å²) < 4.78 is 0. The number of aliphatic imine (C=N–C) groups is 1. The van der Waals surface area contributed by atoms with Gasteiger partial charge in [0.05, 0.1) is 5.25 Å². The van der Waals surface area contributed by atoms with E-state index in [2.05, 4.69) is 17.2 Å². The van der Waals surface area contributed by atoms with Gasteiger partial charge in [0.2, 0.25) is 0 Å². The minimum Gasteiger partial charge on any atom is -0.510 e. The molecule has 0 saturated carbocycles. The number of halogens is 1. The van der Waals surface area contributed by atoms with Crippen LogP contribution in [0.15, 0.2) is 70.9 Å². The number of unbranched alkanes of at least 4 members (excludes halogenated alkanes) is 1. The maximum absolute atomic E-state index is 12.9. The summed E-state index contributed by atoms with van der Waals surface area (Å²) in [5.74, 6) is -0.242. The topological polar surface area (TPSA) is 61.7 Å². The fourth-order valence-corrected chi connectivity index (χ4v) is 4.26. The minimum absolute atomic E-state index is 0.0867. The van der Waals surface area contributed by atoms with Crippen molar-refractivity contribution in [2.75, 3.05) is 11.9 Å². The molecule has 3 rings (SSSR count). The average Bonchev–Trinajstić information content (AvgIpc) is 3.00. The molecule has 2 aromatic carbocycles. The summed E-state index contributed by atoms with van der Waals surface area (Å²) in [6, 6.07) is 16.8. The Kier molecular flexibility index (Phi) is 7.18. The quantitative estimate of drug-likeness (QED) is 0.575. The van der Waals surface area contributed by atoms with Crippen molar-refractivity contribution in [2.45, 2.75) is 31.4 Å². The maximum atomic E-state index is 12.9. The van der Waals surface area contributed by atoms with Gasteiger partial charge in [-0.15, -0.1) is 0 Å². The van der Waals surface area contributed by atoms with E-state index < -0.39 is 0 Å². The van der Waals surface area contributed by atoms with Crippen molar-refractivity contribution >= 4 is 40.0 Å². The van der Waals surface area contributed by atoms with E-state index >= 15 is 0 Å². The first-order valence-corrected chi connectivity index (χ1v) is 10.6. The minimum atomic E-state index is -0.329. The molecular formula is C22H23ClN2O2S. The van der Waals surface area contributed by atoms with Gasteiger partial charge in [0, 0.05) is 17.3 Å². The Morgan fingerprint density at radius 2 is 1.89 bits per heavy atom. The molecule has 0 radical (unpaired) electrons. The number of anilines is 1. The van der Waals surface area contributed by atoms with E-state index in [0.717, 1.165) is 18.4 Å². The first-order chi connectivity index (χ1) is 13.6. The number of hydrogen-bond donors (Lipinski definition) is 2. The van der Waals surface area contributed by atoms with Crippen LogP contribution in [0.4, 0.5) is 5.69 Å². The molecule has 0 spiro atoms. The third-order valence-corrected chi connectivity index (χ3v) is 5.87. The molecule has 2 N–H and O–H groups in total. The Labute approximate surface area is 174 Å². The molecule has 2 aromatic rings. The summed E-state index contributed by atoms with van der Waals surface area (Å²) >= 11 is 7.40. The Hall–Kier alpha value is -2.24. The van der Waals surface area contributed by atoms with E-state index in [-0.39, 0.29) is 22.5 Å². The van der Waals surface area contributed by atoms with Crippen LogP contribution in [0.1, 0.15) is 25.3 Å². The molecule has 0 bridgehead atoms. The van der Waals surface area contributed by atoms with Crippen LogP contribution in [0.2, 0.25) is 5.02 Å². The number of benzene rings is 2. The summed E-state index contributed by atoms with van der Waals surface area (Å²) in [5.41, 5.74) is 2.02. The lowest BCUT2D eigenvalue weighted by Gasteiger charge is -2.09. The van der Waals surface area contributed by atoms with E-state index in [1.807, 2.05) is 54.6 Å². The van der Waals surface area contributed by atoms with Crippen LogP contribution in [0, 0.1) is 0 Å². The van der Waals surface area contributed by atoms with E-state index in [1.54, 1.807) is 0 Å². The summed E-state index contributed by atoms with van der Waals surface area (Å²) in [4.78, 5) is 17.5. The number of nitrogens with zero attached hydrogens (tertiary/aromatic N) is 1. The highest BCUT2D eigenvalue weighted by molar-refractivity contribution is 8.15. The number of carbonyl (C=O) groups is 1. The molecule has 4 nitrogen and oxygen atoms in total. The van der Waals surface area contributed by atoms with Crippen LogP contribution in [-0.4, -0.2) is 27.9 Å². The van der Waals surface area contributed by atoms with Crippen molar-refractivity contribution in [1.29, 1.82) is 0 Å². The Morgan fingerprint density at radius 3 is 2.57 bits per heavy atom. The molecule has 1 atom stereocenters. The Bertz CT molecular complexity index is 879. The second-order valence-corrected chi connectivity index (χ2v) is 8.19.